The Hall–Kier alpha value is -1.53. The average Bonchev–Trinajstić information content (AvgIpc) is 2.39. The maximum atomic E-state index is 11.9. The lowest BCUT2D eigenvalue weighted by molar-refractivity contribution is 0.553. The second-order valence-corrected chi connectivity index (χ2v) is 5.94. The van der Waals surface area contributed by atoms with E-state index in [1.165, 1.54) is 0 Å². The summed E-state index contributed by atoms with van der Waals surface area (Å²) in [5, 5.41) is 0. The third-order valence-electron chi connectivity index (χ3n) is 2.90. The zero-order chi connectivity index (χ0) is 13.0. The highest BCUT2D eigenvalue weighted by molar-refractivity contribution is 7.89. The van der Waals surface area contributed by atoms with E-state index in [4.69, 9.17) is 5.73 Å². The number of rotatable bonds is 4. The van der Waals surface area contributed by atoms with Crippen LogP contribution < -0.4 is 16.0 Å². The molecule has 1 aromatic rings. The lowest BCUT2D eigenvalue weighted by Gasteiger charge is -2.19. The van der Waals surface area contributed by atoms with E-state index in [1.807, 2.05) is 0 Å². The van der Waals surface area contributed by atoms with Crippen molar-refractivity contribution in [1.82, 2.24) is 10.3 Å². The lowest BCUT2D eigenvalue weighted by Crippen LogP contribution is -2.38. The third-order valence-corrected chi connectivity index (χ3v) is 4.16. The third kappa shape index (κ3) is 3.02. The summed E-state index contributed by atoms with van der Waals surface area (Å²) < 4.78 is 23.9. The van der Waals surface area contributed by atoms with Gasteiger partial charge in [-0.25, -0.2) is 8.42 Å². The SMILES string of the molecule is NC1=C(NNS(=O)(=O)c2ccccc2)CCCC1. The van der Waals surface area contributed by atoms with E-state index < -0.39 is 10.0 Å². The standard InChI is InChI=1S/C12H17N3O2S/c13-11-8-4-5-9-12(11)14-15-18(16,17)10-6-2-1-3-7-10/h1-3,6-7,14-15H,4-5,8-9,13H2. The molecule has 0 amide bonds. The minimum absolute atomic E-state index is 0.229. The summed E-state index contributed by atoms with van der Waals surface area (Å²) in [5.41, 5.74) is 10.1. The predicted octanol–water partition coefficient (Wildman–Crippen LogP) is 1.21. The molecule has 98 valence electrons. The first-order valence-electron chi connectivity index (χ1n) is 5.90. The number of nitrogens with two attached hydrogens (primary N) is 1. The highest BCUT2D eigenvalue weighted by Crippen LogP contribution is 2.18. The van der Waals surface area contributed by atoms with Crippen LogP contribution in [0, 0.1) is 0 Å². The summed E-state index contributed by atoms with van der Waals surface area (Å²) in [4.78, 5) is 2.59. The molecule has 1 aromatic carbocycles. The zero-order valence-electron chi connectivity index (χ0n) is 10.0. The van der Waals surface area contributed by atoms with Gasteiger partial charge in [-0.1, -0.05) is 18.2 Å². The molecule has 0 atom stereocenters. The Balaban J connectivity index is 2.06. The van der Waals surface area contributed by atoms with Crippen molar-refractivity contribution < 1.29 is 8.42 Å². The molecule has 5 nitrogen and oxygen atoms in total. The smallest absolute Gasteiger partial charge is 0.257 e. The molecule has 0 radical (unpaired) electrons. The van der Waals surface area contributed by atoms with Crippen LogP contribution in [-0.4, -0.2) is 8.42 Å². The summed E-state index contributed by atoms with van der Waals surface area (Å²) in [6.45, 7) is 0. The number of hydrogen-bond acceptors (Lipinski definition) is 4. The molecule has 0 bridgehead atoms. The van der Waals surface area contributed by atoms with Gasteiger partial charge in [0.05, 0.1) is 4.90 Å². The van der Waals surface area contributed by atoms with E-state index in [1.54, 1.807) is 30.3 Å². The topological polar surface area (TPSA) is 84.2 Å². The van der Waals surface area contributed by atoms with Gasteiger partial charge in [0.2, 0.25) is 0 Å². The monoisotopic (exact) mass is 267 g/mol. The molecule has 6 heteroatoms. The number of allylic oxidation sites excluding steroid dienone is 2. The lowest BCUT2D eigenvalue weighted by atomic mass is 10.0. The molecule has 4 N–H and O–H groups in total. The van der Waals surface area contributed by atoms with Crippen molar-refractivity contribution in [2.45, 2.75) is 30.6 Å². The molecular formula is C12H17N3O2S. The molecule has 0 unspecified atom stereocenters. The molecule has 0 fully saturated rings. The van der Waals surface area contributed by atoms with Gasteiger partial charge in [-0.2, -0.15) is 0 Å². The van der Waals surface area contributed by atoms with Crippen molar-refractivity contribution in [1.29, 1.82) is 0 Å². The quantitative estimate of drug-likeness (QED) is 0.716. The van der Waals surface area contributed by atoms with Crippen LogP contribution in [0.1, 0.15) is 25.7 Å². The Labute approximate surface area is 107 Å². The van der Waals surface area contributed by atoms with Gasteiger partial charge >= 0.3 is 0 Å². The molecule has 18 heavy (non-hydrogen) atoms. The molecule has 0 saturated heterocycles. The van der Waals surface area contributed by atoms with E-state index >= 15 is 0 Å². The number of sulfonamides is 1. The van der Waals surface area contributed by atoms with Crippen molar-refractivity contribution in [3.05, 3.63) is 41.7 Å². The van der Waals surface area contributed by atoms with Gasteiger partial charge in [0, 0.05) is 11.4 Å². The van der Waals surface area contributed by atoms with Crippen LogP contribution in [0.15, 0.2) is 46.6 Å². The Morgan fingerprint density at radius 3 is 2.39 bits per heavy atom. The molecule has 0 spiro atoms. The number of hydrazine groups is 1. The number of nitrogens with one attached hydrogen (secondary N) is 2. The number of benzene rings is 1. The van der Waals surface area contributed by atoms with Crippen molar-refractivity contribution in [2.75, 3.05) is 0 Å². The second kappa shape index (κ2) is 5.41. The van der Waals surface area contributed by atoms with Crippen LogP contribution in [0.4, 0.5) is 0 Å². The maximum Gasteiger partial charge on any atom is 0.257 e. The average molecular weight is 267 g/mol. The fourth-order valence-corrected chi connectivity index (χ4v) is 2.75. The fraction of sp³-hybridized carbons (Fsp3) is 0.333. The van der Waals surface area contributed by atoms with E-state index in [9.17, 15) is 8.42 Å². The van der Waals surface area contributed by atoms with E-state index in [2.05, 4.69) is 10.3 Å². The van der Waals surface area contributed by atoms with Gasteiger partial charge < -0.3 is 11.2 Å². The Kier molecular flexibility index (Phi) is 3.88. The highest BCUT2D eigenvalue weighted by atomic mass is 32.2. The van der Waals surface area contributed by atoms with Crippen molar-refractivity contribution in [2.24, 2.45) is 5.73 Å². The van der Waals surface area contributed by atoms with E-state index in [-0.39, 0.29) is 4.90 Å². The fourth-order valence-electron chi connectivity index (χ4n) is 1.86. The second-order valence-electron chi connectivity index (χ2n) is 4.25. The molecule has 0 aliphatic heterocycles. The first kappa shape index (κ1) is 12.9. The zero-order valence-corrected chi connectivity index (χ0v) is 10.8. The van der Waals surface area contributed by atoms with Crippen LogP contribution in [0.5, 0.6) is 0 Å². The molecular weight excluding hydrogens is 250 g/mol. The van der Waals surface area contributed by atoms with Crippen molar-refractivity contribution >= 4 is 10.0 Å². The normalized spacial score (nSPS) is 16.7. The van der Waals surface area contributed by atoms with Gasteiger partial charge in [-0.15, -0.1) is 4.83 Å². The first-order chi connectivity index (χ1) is 8.59. The van der Waals surface area contributed by atoms with E-state index in [0.717, 1.165) is 37.1 Å². The minimum atomic E-state index is -3.53. The molecule has 1 aliphatic rings. The van der Waals surface area contributed by atoms with Crippen LogP contribution in [0.3, 0.4) is 0 Å². The summed E-state index contributed by atoms with van der Waals surface area (Å²) >= 11 is 0. The van der Waals surface area contributed by atoms with Gasteiger partial charge in [-0.05, 0) is 37.8 Å². The van der Waals surface area contributed by atoms with Gasteiger partial charge in [-0.3, -0.25) is 0 Å². The molecule has 0 aromatic heterocycles. The van der Waals surface area contributed by atoms with Gasteiger partial charge in [0.25, 0.3) is 10.0 Å². The van der Waals surface area contributed by atoms with Crippen LogP contribution >= 0.6 is 0 Å². The van der Waals surface area contributed by atoms with Crippen LogP contribution in [-0.2, 0) is 10.0 Å². The molecule has 0 heterocycles. The van der Waals surface area contributed by atoms with Gasteiger partial charge in [0.1, 0.15) is 0 Å². The summed E-state index contributed by atoms with van der Waals surface area (Å²) in [7, 11) is -3.53. The van der Waals surface area contributed by atoms with Crippen molar-refractivity contribution in [3.63, 3.8) is 0 Å². The molecule has 1 aliphatic carbocycles. The summed E-state index contributed by atoms with van der Waals surface area (Å²) in [5.74, 6) is 0. The Morgan fingerprint density at radius 2 is 1.72 bits per heavy atom. The van der Waals surface area contributed by atoms with Crippen LogP contribution in [0.25, 0.3) is 0 Å². The number of hydrogen-bond donors (Lipinski definition) is 3. The highest BCUT2D eigenvalue weighted by Gasteiger charge is 2.15. The maximum absolute atomic E-state index is 11.9. The minimum Gasteiger partial charge on any atom is -0.401 e. The first-order valence-corrected chi connectivity index (χ1v) is 7.38. The van der Waals surface area contributed by atoms with E-state index in [0.29, 0.717) is 0 Å². The Bertz CT molecular complexity index is 538. The Morgan fingerprint density at radius 1 is 1.06 bits per heavy atom. The summed E-state index contributed by atoms with van der Waals surface area (Å²) in [6.07, 6.45) is 3.68. The molecule has 2 rings (SSSR count). The predicted molar refractivity (Wildman–Crippen MR) is 69.6 cm³/mol. The summed E-state index contributed by atoms with van der Waals surface area (Å²) in [6, 6.07) is 8.23. The van der Waals surface area contributed by atoms with Crippen molar-refractivity contribution in [3.8, 4) is 0 Å². The van der Waals surface area contributed by atoms with Crippen LogP contribution in [0.2, 0.25) is 0 Å². The molecule has 0 saturated carbocycles. The van der Waals surface area contributed by atoms with Gasteiger partial charge in [0.15, 0.2) is 0 Å². The largest absolute Gasteiger partial charge is 0.401 e.